The fourth-order valence-electron chi connectivity index (χ4n) is 0.566. The van der Waals surface area contributed by atoms with Crippen molar-refractivity contribution in [1.29, 1.82) is 0 Å². The molecule has 0 aliphatic carbocycles. The van der Waals surface area contributed by atoms with Gasteiger partial charge in [0, 0.05) is 16.8 Å². The van der Waals surface area contributed by atoms with Crippen LogP contribution < -0.4 is 0 Å². The molecule has 0 bridgehead atoms. The second-order valence-corrected chi connectivity index (χ2v) is 9.48. The highest BCUT2D eigenvalue weighted by molar-refractivity contribution is 9.19. The maximum absolute atomic E-state index is 2.16. The molecule has 0 unspecified atom stereocenters. The lowest BCUT2D eigenvalue weighted by molar-refractivity contribution is 1.09. The van der Waals surface area contributed by atoms with Crippen molar-refractivity contribution in [2.45, 2.75) is 9.16 Å². The molecule has 2 fully saturated rings. The Hall–Kier alpha value is 1.75. The van der Waals surface area contributed by atoms with Gasteiger partial charge < -0.3 is 0 Å². The summed E-state index contributed by atoms with van der Waals surface area (Å²) in [4.78, 5) is 0. The van der Waals surface area contributed by atoms with Crippen molar-refractivity contribution in [3.63, 3.8) is 0 Å². The molecule has 52 valence electrons. The van der Waals surface area contributed by atoms with Gasteiger partial charge in [0.1, 0.15) is 3.91 Å². The van der Waals surface area contributed by atoms with Gasteiger partial charge in [-0.1, -0.05) is 21.6 Å². The van der Waals surface area contributed by atoms with Crippen molar-refractivity contribution >= 4 is 54.9 Å². The lowest BCUT2D eigenvalue weighted by atomic mass is 10.5. The fraction of sp³-hybridized carbons (Fsp3) is 1.00. The maximum atomic E-state index is 2.16. The summed E-state index contributed by atoms with van der Waals surface area (Å²) in [6.07, 6.45) is 0. The van der Waals surface area contributed by atoms with Crippen molar-refractivity contribution in [3.05, 3.63) is 0 Å². The van der Waals surface area contributed by atoms with Crippen LogP contribution in [0.3, 0.4) is 0 Å². The summed E-state index contributed by atoms with van der Waals surface area (Å²) in [5.74, 6) is 2.79. The van der Waals surface area contributed by atoms with Crippen LogP contribution in [-0.4, -0.2) is 20.7 Å². The van der Waals surface area contributed by atoms with Crippen LogP contribution in [0.2, 0.25) is 0 Å². The first-order valence-corrected chi connectivity index (χ1v) is 8.38. The van der Waals surface area contributed by atoms with Gasteiger partial charge in [0.2, 0.25) is 0 Å². The first-order chi connectivity index (χ1) is 4.45. The predicted octanol–water partition coefficient (Wildman–Crippen LogP) is 3.16. The van der Waals surface area contributed by atoms with Gasteiger partial charge in [-0.2, -0.15) is 11.8 Å². The Morgan fingerprint density at radius 1 is 1.22 bits per heavy atom. The molecule has 0 N–H and O–H groups in total. The van der Waals surface area contributed by atoms with E-state index in [4.69, 9.17) is 0 Å². The zero-order valence-electron chi connectivity index (χ0n) is 4.61. The van der Waals surface area contributed by atoms with Crippen LogP contribution in [0.1, 0.15) is 0 Å². The summed E-state index contributed by atoms with van der Waals surface area (Å²) in [6, 6.07) is 0. The molecule has 2 aliphatic heterocycles. The normalized spacial score (nSPS) is 29.3. The molecule has 2 saturated heterocycles. The van der Waals surface area contributed by atoms with E-state index in [1.54, 1.807) is 0 Å². The standard InChI is InChI=1S/C4H6S5/c1-3(2-5-1)6-4-7-9-8-4/h3-4H,1-2H2. The number of thioether (sulfide) groups is 2. The number of hydrogen-bond donors (Lipinski definition) is 0. The Labute approximate surface area is 75.2 Å². The molecule has 0 aromatic rings. The average Bonchev–Trinajstić information content (AvgIpc) is 1.57. The molecule has 2 aliphatic rings. The molecule has 0 spiro atoms. The van der Waals surface area contributed by atoms with Gasteiger partial charge in [0.15, 0.2) is 0 Å². The van der Waals surface area contributed by atoms with Crippen LogP contribution in [0.25, 0.3) is 0 Å². The second kappa shape index (κ2) is 3.43. The van der Waals surface area contributed by atoms with Crippen LogP contribution in [0.5, 0.6) is 0 Å². The Kier molecular flexibility index (Phi) is 2.82. The smallest absolute Gasteiger partial charge is 0.118 e. The van der Waals surface area contributed by atoms with Crippen molar-refractivity contribution < 1.29 is 0 Å². The van der Waals surface area contributed by atoms with Crippen molar-refractivity contribution in [2.24, 2.45) is 0 Å². The quantitative estimate of drug-likeness (QED) is 0.646. The largest absolute Gasteiger partial charge is 0.160 e. The Morgan fingerprint density at radius 2 is 2.00 bits per heavy atom. The third-order valence-electron chi connectivity index (χ3n) is 1.15. The fourth-order valence-corrected chi connectivity index (χ4v) is 8.22. The van der Waals surface area contributed by atoms with Crippen LogP contribution >= 0.6 is 54.9 Å². The highest BCUT2D eigenvalue weighted by Crippen LogP contribution is 2.62. The SMILES string of the molecule is C1SCC1SC1SSS1. The van der Waals surface area contributed by atoms with E-state index < -0.39 is 0 Å². The average molecular weight is 214 g/mol. The first kappa shape index (κ1) is 7.40. The van der Waals surface area contributed by atoms with Gasteiger partial charge in [0.05, 0.1) is 0 Å². The molecule has 0 nitrogen and oxygen atoms in total. The van der Waals surface area contributed by atoms with E-state index >= 15 is 0 Å². The molecule has 0 amide bonds. The van der Waals surface area contributed by atoms with Gasteiger partial charge in [-0.15, -0.1) is 11.8 Å². The Balaban J connectivity index is 1.64. The second-order valence-electron chi connectivity index (χ2n) is 1.84. The van der Waals surface area contributed by atoms with Crippen molar-refractivity contribution in [2.75, 3.05) is 11.5 Å². The number of rotatable bonds is 2. The minimum Gasteiger partial charge on any atom is -0.160 e. The third kappa shape index (κ3) is 1.86. The van der Waals surface area contributed by atoms with Gasteiger partial charge in [0.25, 0.3) is 0 Å². The summed E-state index contributed by atoms with van der Waals surface area (Å²) in [5.41, 5.74) is 0. The minimum absolute atomic E-state index is 0.862. The predicted molar refractivity (Wildman–Crippen MR) is 55.3 cm³/mol. The summed E-state index contributed by atoms with van der Waals surface area (Å²) < 4.78 is 0.862. The molecular formula is C4H6S5. The summed E-state index contributed by atoms with van der Waals surface area (Å²) in [5, 5.41) is 0.987. The maximum Gasteiger partial charge on any atom is 0.118 e. The van der Waals surface area contributed by atoms with E-state index in [0.29, 0.717) is 0 Å². The van der Waals surface area contributed by atoms with E-state index in [0.717, 1.165) is 9.16 Å². The van der Waals surface area contributed by atoms with E-state index in [1.807, 2.05) is 31.4 Å². The molecule has 2 heterocycles. The van der Waals surface area contributed by atoms with Crippen molar-refractivity contribution in [1.82, 2.24) is 0 Å². The van der Waals surface area contributed by atoms with Crippen LogP contribution in [0, 0.1) is 0 Å². The molecule has 5 heteroatoms. The minimum atomic E-state index is 0.862. The highest BCUT2D eigenvalue weighted by atomic mass is 33.5. The Bertz CT molecular complexity index is 85.1. The van der Waals surface area contributed by atoms with Crippen LogP contribution in [0.4, 0.5) is 0 Å². The summed E-state index contributed by atoms with van der Waals surface area (Å²) in [6.45, 7) is 0. The lowest BCUT2D eigenvalue weighted by Crippen LogP contribution is -2.22. The topological polar surface area (TPSA) is 0 Å². The monoisotopic (exact) mass is 214 g/mol. The van der Waals surface area contributed by atoms with E-state index in [1.165, 1.54) is 11.5 Å². The third-order valence-corrected chi connectivity index (χ3v) is 10.6. The van der Waals surface area contributed by atoms with Gasteiger partial charge in [-0.3, -0.25) is 0 Å². The van der Waals surface area contributed by atoms with Gasteiger partial charge >= 0.3 is 0 Å². The van der Waals surface area contributed by atoms with E-state index in [2.05, 4.69) is 23.5 Å². The number of hydrogen-bond acceptors (Lipinski definition) is 5. The molecule has 0 radical (unpaired) electrons. The summed E-state index contributed by atoms with van der Waals surface area (Å²) in [7, 11) is 5.96. The lowest BCUT2D eigenvalue weighted by Gasteiger charge is -2.30. The van der Waals surface area contributed by atoms with Gasteiger partial charge in [-0.05, 0) is 9.83 Å². The van der Waals surface area contributed by atoms with Crippen LogP contribution in [0.15, 0.2) is 0 Å². The van der Waals surface area contributed by atoms with E-state index in [-0.39, 0.29) is 0 Å². The summed E-state index contributed by atoms with van der Waals surface area (Å²) >= 11 is 4.23. The molecule has 0 atom stereocenters. The molecule has 9 heavy (non-hydrogen) atoms. The molecule has 0 aromatic carbocycles. The zero-order valence-corrected chi connectivity index (χ0v) is 8.69. The molecule has 2 rings (SSSR count). The molecule has 0 saturated carbocycles. The first-order valence-electron chi connectivity index (χ1n) is 2.67. The van der Waals surface area contributed by atoms with Crippen LogP contribution in [-0.2, 0) is 0 Å². The molecule has 0 aromatic heterocycles. The molecular weight excluding hydrogens is 208 g/mol. The van der Waals surface area contributed by atoms with E-state index in [9.17, 15) is 0 Å². The van der Waals surface area contributed by atoms with Crippen molar-refractivity contribution in [3.8, 4) is 0 Å². The zero-order chi connectivity index (χ0) is 6.10. The Morgan fingerprint density at radius 3 is 2.33 bits per heavy atom. The highest BCUT2D eigenvalue weighted by Gasteiger charge is 2.28. The van der Waals surface area contributed by atoms with Gasteiger partial charge in [-0.25, -0.2) is 0 Å².